The normalized spacial score (nSPS) is 15.2. The van der Waals surface area contributed by atoms with E-state index in [1.165, 1.54) is 6.33 Å². The van der Waals surface area contributed by atoms with E-state index in [4.69, 9.17) is 23.9 Å². The van der Waals surface area contributed by atoms with Crippen LogP contribution in [0.4, 0.5) is 13.2 Å². The fraction of sp³-hybridized carbons (Fsp3) is 0.583. The lowest BCUT2D eigenvalue weighted by Crippen LogP contribution is -2.43. The molecule has 4 rings (SSSR count). The third kappa shape index (κ3) is 6.31. The predicted octanol–water partition coefficient (Wildman–Crippen LogP) is 2.95. The number of aromatic nitrogens is 3. The van der Waals surface area contributed by atoms with Crippen molar-refractivity contribution in [2.24, 2.45) is 0 Å². The second kappa shape index (κ2) is 11.6. The van der Waals surface area contributed by atoms with Gasteiger partial charge in [0.1, 0.15) is 9.53 Å². The van der Waals surface area contributed by atoms with Gasteiger partial charge in [0.2, 0.25) is 0 Å². The fourth-order valence-electron chi connectivity index (χ4n) is 4.25. The summed E-state index contributed by atoms with van der Waals surface area (Å²) in [5.74, 6) is -1.99. The van der Waals surface area contributed by atoms with Crippen molar-refractivity contribution in [3.05, 3.63) is 33.5 Å². The average Bonchev–Trinajstić information content (AvgIpc) is 3.22. The van der Waals surface area contributed by atoms with Crippen LogP contribution in [0.25, 0.3) is 20.4 Å². The number of alkyl halides is 3. The van der Waals surface area contributed by atoms with Crippen molar-refractivity contribution in [3.8, 4) is 0 Å². The van der Waals surface area contributed by atoms with Gasteiger partial charge < -0.3 is 28.8 Å². The Hall–Kier alpha value is -2.65. The molecule has 3 aromatic rings. The minimum atomic E-state index is -5.08. The molecule has 0 spiro atoms. The lowest BCUT2D eigenvalue weighted by Gasteiger charge is -2.33. The highest BCUT2D eigenvalue weighted by Gasteiger charge is 2.43. The van der Waals surface area contributed by atoms with Crippen molar-refractivity contribution in [3.63, 3.8) is 0 Å². The molecule has 10 nitrogen and oxygen atoms in total. The summed E-state index contributed by atoms with van der Waals surface area (Å²) < 4.78 is 62.6. The third-order valence-corrected chi connectivity index (χ3v) is 7.17. The number of carbonyl (C=O) groups is 1. The van der Waals surface area contributed by atoms with E-state index in [1.807, 2.05) is 13.8 Å². The van der Waals surface area contributed by atoms with E-state index < -0.39 is 17.7 Å². The molecule has 1 aliphatic rings. The van der Waals surface area contributed by atoms with Gasteiger partial charge in [0.25, 0.3) is 5.56 Å². The standard InChI is InChI=1S/C24H29F3N4O6S/c1-23(2)10-16-15(12-37-23)14(17-18-19(38-21(17)30-16)20(32)29-13-28-18)11-31(22(33)24(25,26)27)4-5-35-8-9-36-7-6-34-3/h13H,4-12H2,1-3H3,(H,28,29,32). The molecule has 14 heteroatoms. The monoisotopic (exact) mass is 558 g/mol. The summed E-state index contributed by atoms with van der Waals surface area (Å²) in [7, 11) is 1.54. The van der Waals surface area contributed by atoms with Crippen LogP contribution in [0, 0.1) is 0 Å². The summed E-state index contributed by atoms with van der Waals surface area (Å²) in [5.41, 5.74) is 1.13. The SMILES string of the molecule is COCCOCCOCCN(Cc1c2c(nc3sc4c(=O)[nH]cnc4c13)CC(C)(C)OC2)C(=O)C(F)(F)F. The van der Waals surface area contributed by atoms with Crippen LogP contribution in [0.15, 0.2) is 11.1 Å². The van der Waals surface area contributed by atoms with E-state index in [1.54, 1.807) is 7.11 Å². The van der Waals surface area contributed by atoms with Crippen LogP contribution >= 0.6 is 11.3 Å². The summed E-state index contributed by atoms with van der Waals surface area (Å²) in [6.45, 7) is 4.25. The molecule has 0 saturated heterocycles. The minimum absolute atomic E-state index is 0.102. The van der Waals surface area contributed by atoms with Gasteiger partial charge in [-0.1, -0.05) is 0 Å². The van der Waals surface area contributed by atoms with Crippen molar-refractivity contribution in [1.29, 1.82) is 0 Å². The van der Waals surface area contributed by atoms with E-state index in [2.05, 4.69) is 9.97 Å². The van der Waals surface area contributed by atoms with Gasteiger partial charge >= 0.3 is 12.1 Å². The molecule has 3 aromatic heterocycles. The second-order valence-electron chi connectivity index (χ2n) is 9.37. The summed E-state index contributed by atoms with van der Waals surface area (Å²) in [5, 5.41) is 0.450. The maximum atomic E-state index is 13.6. The van der Waals surface area contributed by atoms with Crippen molar-refractivity contribution >= 4 is 37.7 Å². The Bertz CT molecular complexity index is 1360. The lowest BCUT2D eigenvalue weighted by atomic mass is 9.92. The Balaban J connectivity index is 1.68. The number of H-pyrrole nitrogens is 1. The number of nitrogens with one attached hydrogen (secondary N) is 1. The number of pyridine rings is 1. The van der Waals surface area contributed by atoms with Gasteiger partial charge in [0.15, 0.2) is 0 Å². The Morgan fingerprint density at radius 1 is 1.21 bits per heavy atom. The third-order valence-electron chi connectivity index (χ3n) is 6.10. The number of ether oxygens (including phenoxy) is 4. The highest BCUT2D eigenvalue weighted by molar-refractivity contribution is 7.25. The quantitative estimate of drug-likeness (QED) is 0.357. The Kier molecular flexibility index (Phi) is 8.67. The predicted molar refractivity (Wildman–Crippen MR) is 133 cm³/mol. The molecule has 1 amide bonds. The Morgan fingerprint density at radius 2 is 1.92 bits per heavy atom. The topological polar surface area (TPSA) is 116 Å². The number of rotatable bonds is 11. The van der Waals surface area contributed by atoms with Crippen LogP contribution in [0.5, 0.6) is 0 Å². The first-order chi connectivity index (χ1) is 18.0. The zero-order valence-electron chi connectivity index (χ0n) is 21.3. The van der Waals surface area contributed by atoms with Crippen molar-refractivity contribution < 1.29 is 36.9 Å². The summed E-state index contributed by atoms with van der Waals surface area (Å²) in [4.78, 5) is 37.6. The van der Waals surface area contributed by atoms with Gasteiger partial charge in [0, 0.05) is 37.6 Å². The highest BCUT2D eigenvalue weighted by atomic mass is 32.1. The molecule has 38 heavy (non-hydrogen) atoms. The van der Waals surface area contributed by atoms with Gasteiger partial charge in [-0.05, 0) is 19.4 Å². The maximum Gasteiger partial charge on any atom is 0.471 e. The molecule has 4 heterocycles. The minimum Gasteiger partial charge on any atom is -0.382 e. The molecule has 208 valence electrons. The van der Waals surface area contributed by atoms with Crippen LogP contribution in [-0.4, -0.2) is 84.2 Å². The number of hydrogen-bond donors (Lipinski definition) is 1. The number of carbonyl (C=O) groups excluding carboxylic acids is 1. The van der Waals surface area contributed by atoms with E-state index >= 15 is 0 Å². The summed E-state index contributed by atoms with van der Waals surface area (Å²) >= 11 is 1.12. The largest absolute Gasteiger partial charge is 0.471 e. The van der Waals surface area contributed by atoms with E-state index in [0.717, 1.165) is 11.3 Å². The summed E-state index contributed by atoms with van der Waals surface area (Å²) in [6, 6.07) is 0. The number of thiophene rings is 1. The van der Waals surface area contributed by atoms with E-state index in [-0.39, 0.29) is 45.1 Å². The van der Waals surface area contributed by atoms with Crippen LogP contribution in [0.1, 0.15) is 30.7 Å². The van der Waals surface area contributed by atoms with Gasteiger partial charge in [-0.15, -0.1) is 11.3 Å². The molecule has 0 aliphatic carbocycles. The smallest absolute Gasteiger partial charge is 0.382 e. The van der Waals surface area contributed by atoms with Gasteiger partial charge in [-0.3, -0.25) is 9.59 Å². The zero-order chi connectivity index (χ0) is 27.5. The fourth-order valence-corrected chi connectivity index (χ4v) is 5.32. The number of hydrogen-bond acceptors (Lipinski definition) is 9. The maximum absolute atomic E-state index is 13.6. The molecule has 0 saturated carbocycles. The second-order valence-corrected chi connectivity index (χ2v) is 10.4. The van der Waals surface area contributed by atoms with Crippen molar-refractivity contribution in [2.45, 2.75) is 45.2 Å². The average molecular weight is 559 g/mol. The molecule has 0 bridgehead atoms. The zero-order valence-corrected chi connectivity index (χ0v) is 22.1. The Labute approximate surface area is 220 Å². The molecule has 0 aromatic carbocycles. The first-order valence-corrected chi connectivity index (χ1v) is 12.8. The molecule has 1 aliphatic heterocycles. The van der Waals surface area contributed by atoms with Crippen LogP contribution in [0.3, 0.4) is 0 Å². The Morgan fingerprint density at radius 3 is 2.63 bits per heavy atom. The van der Waals surface area contributed by atoms with Gasteiger partial charge in [-0.2, -0.15) is 13.2 Å². The number of methoxy groups -OCH3 is 1. The van der Waals surface area contributed by atoms with Gasteiger partial charge in [0.05, 0.1) is 62.8 Å². The summed E-state index contributed by atoms with van der Waals surface area (Å²) in [6.07, 6.45) is -3.43. The van der Waals surface area contributed by atoms with Gasteiger partial charge in [-0.25, -0.2) is 9.97 Å². The molecular formula is C24H29F3N4O6S. The molecular weight excluding hydrogens is 529 g/mol. The number of amides is 1. The number of nitrogens with zero attached hydrogens (tertiary/aromatic N) is 3. The van der Waals surface area contributed by atoms with Crippen LogP contribution in [-0.2, 0) is 43.3 Å². The molecule has 0 radical (unpaired) electrons. The van der Waals surface area contributed by atoms with Crippen LogP contribution < -0.4 is 5.56 Å². The molecule has 1 N–H and O–H groups in total. The molecule has 0 unspecified atom stereocenters. The van der Waals surface area contributed by atoms with Crippen molar-refractivity contribution in [1.82, 2.24) is 19.9 Å². The van der Waals surface area contributed by atoms with Crippen LogP contribution in [0.2, 0.25) is 0 Å². The first kappa shape index (κ1) is 28.4. The highest BCUT2D eigenvalue weighted by Crippen LogP contribution is 2.39. The first-order valence-electron chi connectivity index (χ1n) is 12.0. The molecule has 0 fully saturated rings. The number of fused-ring (bicyclic) bond motifs is 4. The number of halogens is 3. The van der Waals surface area contributed by atoms with Crippen molar-refractivity contribution in [2.75, 3.05) is 46.7 Å². The lowest BCUT2D eigenvalue weighted by molar-refractivity contribution is -0.186. The number of aromatic amines is 1. The molecule has 0 atom stereocenters. The van der Waals surface area contributed by atoms with E-state index in [9.17, 15) is 22.8 Å². The van der Waals surface area contributed by atoms with E-state index in [0.29, 0.717) is 61.8 Å².